The molecule has 0 aromatic carbocycles. The van der Waals surface area contributed by atoms with Gasteiger partial charge in [-0.15, -0.1) is 0 Å². The first-order valence-corrected chi connectivity index (χ1v) is 2.87. The van der Waals surface area contributed by atoms with E-state index in [2.05, 4.69) is 0 Å². The highest BCUT2D eigenvalue weighted by molar-refractivity contribution is 5.04. The van der Waals surface area contributed by atoms with Crippen molar-refractivity contribution in [2.75, 3.05) is 7.11 Å². The van der Waals surface area contributed by atoms with Crippen LogP contribution in [0.1, 0.15) is 11.5 Å². The van der Waals surface area contributed by atoms with E-state index in [1.807, 2.05) is 19.1 Å². The molecule has 1 rings (SSSR count). The summed E-state index contributed by atoms with van der Waals surface area (Å²) in [5.74, 6) is 1.82. The van der Waals surface area contributed by atoms with Gasteiger partial charge >= 0.3 is 0 Å². The van der Waals surface area contributed by atoms with Crippen LogP contribution >= 0.6 is 0 Å². The molecule has 9 heavy (non-hydrogen) atoms. The zero-order valence-corrected chi connectivity index (χ0v) is 5.68. The van der Waals surface area contributed by atoms with Gasteiger partial charge in [-0.2, -0.15) is 0 Å². The normalized spacial score (nSPS) is 10.0. The summed E-state index contributed by atoms with van der Waals surface area (Å²) in [5, 5.41) is 0. The summed E-state index contributed by atoms with van der Waals surface area (Å²) in [6.45, 7) is 2.48. The lowest BCUT2D eigenvalue weighted by Gasteiger charge is -1.90. The van der Waals surface area contributed by atoms with Crippen LogP contribution in [0.2, 0.25) is 0 Å². The van der Waals surface area contributed by atoms with Gasteiger partial charge in [-0.05, 0) is 19.1 Å². The van der Waals surface area contributed by atoms with Crippen LogP contribution in [0.4, 0.5) is 0 Å². The molecular weight excluding hydrogens is 116 g/mol. The number of hydrogen-bond donors (Lipinski definition) is 0. The molecule has 0 aliphatic carbocycles. The van der Waals surface area contributed by atoms with E-state index in [-0.39, 0.29) is 0 Å². The Morgan fingerprint density at radius 1 is 1.56 bits per heavy atom. The number of aryl methyl sites for hydroxylation is 1. The van der Waals surface area contributed by atoms with Crippen molar-refractivity contribution in [2.24, 2.45) is 0 Å². The lowest BCUT2D eigenvalue weighted by molar-refractivity contribution is 0.163. The Balaban J connectivity index is 2.61. The Morgan fingerprint density at radius 2 is 2.33 bits per heavy atom. The molecule has 2 heteroatoms. The molecule has 0 radical (unpaired) electrons. The molecule has 0 saturated carbocycles. The molecule has 0 unspecified atom stereocenters. The summed E-state index contributed by atoms with van der Waals surface area (Å²) in [6, 6.07) is 3.84. The van der Waals surface area contributed by atoms with Crippen LogP contribution in [0.15, 0.2) is 16.5 Å². The Bertz CT molecular complexity index is 179. The molecule has 0 amide bonds. The van der Waals surface area contributed by atoms with Crippen LogP contribution in [0, 0.1) is 6.92 Å². The summed E-state index contributed by atoms with van der Waals surface area (Å²) in [4.78, 5) is 0. The van der Waals surface area contributed by atoms with Crippen molar-refractivity contribution in [1.82, 2.24) is 0 Å². The minimum atomic E-state index is 0.563. The molecule has 1 heterocycles. The standard InChI is InChI=1S/C7H10O2/c1-6-3-4-7(9-6)5-8-2/h3-4H,5H2,1-2H3. The monoisotopic (exact) mass is 126 g/mol. The lowest BCUT2D eigenvalue weighted by Crippen LogP contribution is -1.81. The number of methoxy groups -OCH3 is 1. The molecule has 1 aromatic heterocycles. The molecule has 1 aromatic rings. The van der Waals surface area contributed by atoms with Crippen LogP contribution in [0.3, 0.4) is 0 Å². The molecule has 0 N–H and O–H groups in total. The Hall–Kier alpha value is -0.760. The summed E-state index contributed by atoms with van der Waals surface area (Å²) in [7, 11) is 1.65. The van der Waals surface area contributed by atoms with Gasteiger partial charge in [-0.25, -0.2) is 0 Å². The number of hydrogen-bond acceptors (Lipinski definition) is 2. The van der Waals surface area contributed by atoms with E-state index in [1.165, 1.54) is 0 Å². The predicted molar refractivity (Wildman–Crippen MR) is 34.2 cm³/mol. The first kappa shape index (κ1) is 6.36. The first-order chi connectivity index (χ1) is 4.33. The van der Waals surface area contributed by atoms with E-state index in [9.17, 15) is 0 Å². The van der Waals surface area contributed by atoms with Gasteiger partial charge < -0.3 is 9.15 Å². The fourth-order valence-corrected chi connectivity index (χ4v) is 0.705. The molecule has 0 atom stereocenters. The van der Waals surface area contributed by atoms with Crippen LogP contribution in [-0.4, -0.2) is 7.11 Å². The smallest absolute Gasteiger partial charge is 0.129 e. The van der Waals surface area contributed by atoms with Crippen molar-refractivity contribution in [3.05, 3.63) is 23.7 Å². The number of ether oxygens (including phenoxy) is 1. The van der Waals surface area contributed by atoms with Crippen molar-refractivity contribution >= 4 is 0 Å². The Kier molecular flexibility index (Phi) is 1.90. The van der Waals surface area contributed by atoms with E-state index >= 15 is 0 Å². The highest BCUT2D eigenvalue weighted by Crippen LogP contribution is 2.06. The van der Waals surface area contributed by atoms with Crippen molar-refractivity contribution in [2.45, 2.75) is 13.5 Å². The van der Waals surface area contributed by atoms with Gasteiger partial charge in [0.25, 0.3) is 0 Å². The third kappa shape index (κ3) is 1.57. The quantitative estimate of drug-likeness (QED) is 0.602. The third-order valence-electron chi connectivity index (χ3n) is 1.08. The fraction of sp³-hybridized carbons (Fsp3) is 0.429. The summed E-state index contributed by atoms with van der Waals surface area (Å²) in [6.07, 6.45) is 0. The minimum Gasteiger partial charge on any atom is -0.464 e. The van der Waals surface area contributed by atoms with Gasteiger partial charge in [0.15, 0.2) is 0 Å². The average molecular weight is 126 g/mol. The largest absolute Gasteiger partial charge is 0.464 e. The van der Waals surface area contributed by atoms with Crippen molar-refractivity contribution in [3.8, 4) is 0 Å². The molecule has 0 spiro atoms. The molecule has 0 aliphatic rings. The molecule has 2 nitrogen and oxygen atoms in total. The van der Waals surface area contributed by atoms with Gasteiger partial charge in [0.1, 0.15) is 18.1 Å². The van der Waals surface area contributed by atoms with Crippen LogP contribution < -0.4 is 0 Å². The van der Waals surface area contributed by atoms with E-state index in [1.54, 1.807) is 7.11 Å². The van der Waals surface area contributed by atoms with Gasteiger partial charge in [-0.1, -0.05) is 0 Å². The molecule has 0 aliphatic heterocycles. The summed E-state index contributed by atoms with van der Waals surface area (Å²) >= 11 is 0. The van der Waals surface area contributed by atoms with Gasteiger partial charge in [-0.3, -0.25) is 0 Å². The lowest BCUT2D eigenvalue weighted by atomic mass is 10.4. The second kappa shape index (κ2) is 2.69. The molecule has 0 bridgehead atoms. The average Bonchev–Trinajstić information content (AvgIpc) is 2.17. The maximum absolute atomic E-state index is 5.20. The highest BCUT2D eigenvalue weighted by Gasteiger charge is 1.94. The maximum atomic E-state index is 5.20. The highest BCUT2D eigenvalue weighted by atomic mass is 16.5. The molecule has 50 valence electrons. The van der Waals surface area contributed by atoms with Crippen molar-refractivity contribution in [3.63, 3.8) is 0 Å². The van der Waals surface area contributed by atoms with Gasteiger partial charge in [0.2, 0.25) is 0 Å². The zero-order chi connectivity index (χ0) is 6.69. The third-order valence-corrected chi connectivity index (χ3v) is 1.08. The maximum Gasteiger partial charge on any atom is 0.129 e. The zero-order valence-electron chi connectivity index (χ0n) is 5.68. The molecule has 0 fully saturated rings. The van der Waals surface area contributed by atoms with Crippen molar-refractivity contribution < 1.29 is 9.15 Å². The molecule has 0 saturated heterocycles. The summed E-state index contributed by atoms with van der Waals surface area (Å²) in [5.41, 5.74) is 0. The van der Waals surface area contributed by atoms with E-state index in [0.29, 0.717) is 6.61 Å². The first-order valence-electron chi connectivity index (χ1n) is 2.87. The Labute approximate surface area is 54.4 Å². The number of rotatable bonds is 2. The van der Waals surface area contributed by atoms with Crippen molar-refractivity contribution in [1.29, 1.82) is 0 Å². The topological polar surface area (TPSA) is 22.4 Å². The van der Waals surface area contributed by atoms with Gasteiger partial charge in [0.05, 0.1) is 0 Å². The van der Waals surface area contributed by atoms with E-state index in [0.717, 1.165) is 11.5 Å². The Morgan fingerprint density at radius 3 is 2.78 bits per heavy atom. The van der Waals surface area contributed by atoms with E-state index in [4.69, 9.17) is 9.15 Å². The molecular formula is C7H10O2. The van der Waals surface area contributed by atoms with Crippen LogP contribution in [-0.2, 0) is 11.3 Å². The second-order valence-electron chi connectivity index (χ2n) is 1.95. The van der Waals surface area contributed by atoms with Crippen LogP contribution in [0.25, 0.3) is 0 Å². The minimum absolute atomic E-state index is 0.563. The van der Waals surface area contributed by atoms with E-state index < -0.39 is 0 Å². The fourth-order valence-electron chi connectivity index (χ4n) is 0.705. The van der Waals surface area contributed by atoms with Gasteiger partial charge in [0, 0.05) is 7.11 Å². The SMILES string of the molecule is COCc1ccc(C)o1. The summed E-state index contributed by atoms with van der Waals surface area (Å²) < 4.78 is 10.0. The van der Waals surface area contributed by atoms with Crippen LogP contribution in [0.5, 0.6) is 0 Å². The predicted octanol–water partition coefficient (Wildman–Crippen LogP) is 1.73. The number of furan rings is 1. The second-order valence-corrected chi connectivity index (χ2v) is 1.95.